The van der Waals surface area contributed by atoms with Crippen molar-refractivity contribution in [2.24, 2.45) is 0 Å². The molecule has 1 N–H and O–H groups in total. The van der Waals surface area contributed by atoms with E-state index < -0.39 is 11.4 Å². The number of fused-ring (bicyclic) bond motifs is 3. The number of nitrogens with one attached hydrogen (secondary N) is 1. The van der Waals surface area contributed by atoms with E-state index >= 15 is 0 Å². The average Bonchev–Trinajstić information content (AvgIpc) is 2.86. The Morgan fingerprint density at radius 3 is 3.05 bits per heavy atom. The van der Waals surface area contributed by atoms with Crippen molar-refractivity contribution in [1.29, 1.82) is 5.26 Å². The van der Waals surface area contributed by atoms with Crippen LogP contribution in [0.4, 0.5) is 0 Å². The molecule has 4 nitrogen and oxygen atoms in total. The summed E-state index contributed by atoms with van der Waals surface area (Å²) < 4.78 is 5.15. The van der Waals surface area contributed by atoms with Gasteiger partial charge >= 0.3 is 5.97 Å². The van der Waals surface area contributed by atoms with Crippen LogP contribution in [-0.2, 0) is 21.4 Å². The fourth-order valence-corrected chi connectivity index (χ4v) is 3.10. The summed E-state index contributed by atoms with van der Waals surface area (Å²) in [7, 11) is 0. The van der Waals surface area contributed by atoms with E-state index in [9.17, 15) is 10.1 Å². The molecule has 1 atom stereocenters. The number of esters is 1. The summed E-state index contributed by atoms with van der Waals surface area (Å²) in [5.41, 5.74) is 1.61. The number of para-hydroxylation sites is 1. The van der Waals surface area contributed by atoms with E-state index in [0.29, 0.717) is 6.42 Å². The van der Waals surface area contributed by atoms with Gasteiger partial charge in [-0.25, -0.2) is 4.79 Å². The van der Waals surface area contributed by atoms with Gasteiger partial charge in [0.05, 0.1) is 18.4 Å². The first-order valence-corrected chi connectivity index (χ1v) is 6.91. The third kappa shape index (κ3) is 1.63. The Bertz CT molecular complexity index is 711. The fraction of sp³-hybridized carbons (Fsp3) is 0.375. The number of rotatable bonds is 2. The lowest BCUT2D eigenvalue weighted by Gasteiger charge is -2.28. The molecule has 1 aromatic carbocycles. The minimum atomic E-state index is -1.18. The predicted molar refractivity (Wildman–Crippen MR) is 75.2 cm³/mol. The maximum absolute atomic E-state index is 12.3. The molecule has 0 fully saturated rings. The summed E-state index contributed by atoms with van der Waals surface area (Å²) in [5.74, 6) is -0.435. The molecule has 0 radical (unpaired) electrons. The lowest BCUT2D eigenvalue weighted by atomic mass is 9.74. The summed E-state index contributed by atoms with van der Waals surface area (Å²) in [6.45, 7) is 2.05. The molecule has 0 aliphatic heterocycles. The third-order valence-corrected chi connectivity index (χ3v) is 4.03. The predicted octanol–water partition coefficient (Wildman–Crippen LogP) is 2.83. The molecule has 0 saturated heterocycles. The van der Waals surface area contributed by atoms with Crippen molar-refractivity contribution in [2.45, 2.75) is 31.6 Å². The standard InChI is InChI=1S/C16H16N2O2/c1-2-20-15(19)16(10-17)9-5-7-12-11-6-3-4-8-13(11)18-14(12)16/h3-4,6,8,18H,2,5,7,9H2,1H3. The number of carbonyl (C=O) groups excluding carboxylic acids is 1. The second-order valence-electron chi connectivity index (χ2n) is 5.12. The molecule has 20 heavy (non-hydrogen) atoms. The van der Waals surface area contributed by atoms with Crippen molar-refractivity contribution in [3.05, 3.63) is 35.5 Å². The van der Waals surface area contributed by atoms with Crippen molar-refractivity contribution < 1.29 is 9.53 Å². The van der Waals surface area contributed by atoms with Gasteiger partial charge in [-0.2, -0.15) is 5.26 Å². The molecule has 3 rings (SSSR count). The summed E-state index contributed by atoms with van der Waals surface area (Å²) in [6, 6.07) is 10.1. The van der Waals surface area contributed by atoms with Crippen molar-refractivity contribution in [2.75, 3.05) is 6.61 Å². The van der Waals surface area contributed by atoms with Crippen molar-refractivity contribution >= 4 is 16.9 Å². The maximum Gasteiger partial charge on any atom is 0.332 e. The fourth-order valence-electron chi connectivity index (χ4n) is 3.10. The first-order chi connectivity index (χ1) is 9.73. The Morgan fingerprint density at radius 2 is 2.30 bits per heavy atom. The number of carbonyl (C=O) groups is 1. The second-order valence-corrected chi connectivity index (χ2v) is 5.12. The third-order valence-electron chi connectivity index (χ3n) is 4.03. The van der Waals surface area contributed by atoms with E-state index in [4.69, 9.17) is 4.74 Å². The molecule has 1 unspecified atom stereocenters. The molecule has 0 saturated carbocycles. The Hall–Kier alpha value is -2.28. The smallest absolute Gasteiger partial charge is 0.332 e. The quantitative estimate of drug-likeness (QED) is 0.852. The van der Waals surface area contributed by atoms with Gasteiger partial charge < -0.3 is 9.72 Å². The Balaban J connectivity index is 2.23. The zero-order valence-corrected chi connectivity index (χ0v) is 11.4. The highest BCUT2D eigenvalue weighted by Crippen LogP contribution is 2.40. The number of aryl methyl sites for hydroxylation is 1. The van der Waals surface area contributed by atoms with Crippen LogP contribution in [-0.4, -0.2) is 17.6 Å². The molecule has 1 aliphatic carbocycles. The first-order valence-electron chi connectivity index (χ1n) is 6.91. The van der Waals surface area contributed by atoms with Gasteiger partial charge in [0.25, 0.3) is 0 Å². The summed E-state index contributed by atoms with van der Waals surface area (Å²) in [4.78, 5) is 15.6. The Labute approximate surface area is 117 Å². The first kappa shape index (κ1) is 12.7. The van der Waals surface area contributed by atoms with E-state index in [1.807, 2.05) is 24.3 Å². The number of ether oxygens (including phenoxy) is 1. The number of aromatic amines is 1. The second kappa shape index (κ2) is 4.68. The van der Waals surface area contributed by atoms with Crippen LogP contribution in [0.5, 0.6) is 0 Å². The van der Waals surface area contributed by atoms with Gasteiger partial charge in [-0.15, -0.1) is 0 Å². The molecule has 0 amide bonds. The number of hydrogen-bond donors (Lipinski definition) is 1. The monoisotopic (exact) mass is 268 g/mol. The highest BCUT2D eigenvalue weighted by molar-refractivity contribution is 5.93. The van der Waals surface area contributed by atoms with Gasteiger partial charge in [-0.3, -0.25) is 0 Å². The number of nitrogens with zero attached hydrogens (tertiary/aromatic N) is 1. The zero-order chi connectivity index (χ0) is 14.2. The van der Waals surface area contributed by atoms with E-state index in [-0.39, 0.29) is 6.61 Å². The summed E-state index contributed by atoms with van der Waals surface area (Å²) in [5, 5.41) is 10.7. The summed E-state index contributed by atoms with van der Waals surface area (Å²) in [6.07, 6.45) is 2.23. The summed E-state index contributed by atoms with van der Waals surface area (Å²) >= 11 is 0. The largest absolute Gasteiger partial charge is 0.465 e. The Morgan fingerprint density at radius 1 is 1.50 bits per heavy atom. The topological polar surface area (TPSA) is 65.9 Å². The average molecular weight is 268 g/mol. The van der Waals surface area contributed by atoms with E-state index in [1.165, 1.54) is 0 Å². The van der Waals surface area contributed by atoms with Crippen molar-refractivity contribution in [1.82, 2.24) is 4.98 Å². The molecule has 0 spiro atoms. The highest BCUT2D eigenvalue weighted by atomic mass is 16.5. The van der Waals surface area contributed by atoms with Crippen LogP contribution in [0.3, 0.4) is 0 Å². The van der Waals surface area contributed by atoms with Gasteiger partial charge in [0.2, 0.25) is 0 Å². The molecule has 1 aliphatic rings. The molecular formula is C16H16N2O2. The molecule has 1 aromatic heterocycles. The molecule has 102 valence electrons. The van der Waals surface area contributed by atoms with Gasteiger partial charge in [0, 0.05) is 10.9 Å². The van der Waals surface area contributed by atoms with E-state index in [0.717, 1.165) is 35.0 Å². The Kier molecular flexibility index (Phi) is 2.98. The maximum atomic E-state index is 12.3. The lowest BCUT2D eigenvalue weighted by molar-refractivity contribution is -0.148. The van der Waals surface area contributed by atoms with Crippen LogP contribution in [0.15, 0.2) is 24.3 Å². The van der Waals surface area contributed by atoms with Crippen LogP contribution < -0.4 is 0 Å². The number of hydrogen-bond acceptors (Lipinski definition) is 3. The molecule has 2 aromatic rings. The van der Waals surface area contributed by atoms with E-state index in [2.05, 4.69) is 11.1 Å². The van der Waals surface area contributed by atoms with Crippen LogP contribution in [0.1, 0.15) is 31.0 Å². The molecular weight excluding hydrogens is 252 g/mol. The number of aromatic nitrogens is 1. The van der Waals surface area contributed by atoms with Gasteiger partial charge in [-0.05, 0) is 37.8 Å². The van der Waals surface area contributed by atoms with Crippen LogP contribution in [0.2, 0.25) is 0 Å². The number of H-pyrrole nitrogens is 1. The minimum absolute atomic E-state index is 0.290. The van der Waals surface area contributed by atoms with Gasteiger partial charge in [0.1, 0.15) is 0 Å². The zero-order valence-electron chi connectivity index (χ0n) is 11.4. The van der Waals surface area contributed by atoms with Crippen LogP contribution in [0, 0.1) is 11.3 Å². The highest BCUT2D eigenvalue weighted by Gasteiger charge is 2.47. The van der Waals surface area contributed by atoms with E-state index in [1.54, 1.807) is 6.92 Å². The van der Waals surface area contributed by atoms with Crippen molar-refractivity contribution in [3.8, 4) is 6.07 Å². The normalized spacial score (nSPS) is 21.2. The van der Waals surface area contributed by atoms with Crippen LogP contribution in [0.25, 0.3) is 10.9 Å². The molecule has 4 heteroatoms. The minimum Gasteiger partial charge on any atom is -0.465 e. The lowest BCUT2D eigenvalue weighted by Crippen LogP contribution is -2.39. The van der Waals surface area contributed by atoms with Gasteiger partial charge in [0.15, 0.2) is 5.41 Å². The number of nitriles is 1. The van der Waals surface area contributed by atoms with Gasteiger partial charge in [-0.1, -0.05) is 18.2 Å². The van der Waals surface area contributed by atoms with Crippen LogP contribution >= 0.6 is 0 Å². The van der Waals surface area contributed by atoms with Crippen molar-refractivity contribution in [3.63, 3.8) is 0 Å². The molecule has 1 heterocycles. The molecule has 0 bridgehead atoms. The number of benzene rings is 1. The SMILES string of the molecule is CCOC(=O)C1(C#N)CCCc2c1[nH]c1ccccc21.